The Labute approximate surface area is 135 Å². The van der Waals surface area contributed by atoms with Gasteiger partial charge in [-0.05, 0) is 47.1 Å². The maximum absolute atomic E-state index is 4.74. The van der Waals surface area contributed by atoms with Crippen LogP contribution < -0.4 is 5.43 Å². The third kappa shape index (κ3) is 4.09. The minimum absolute atomic E-state index is 0.0264. The second-order valence-electron chi connectivity index (χ2n) is 7.30. The van der Waals surface area contributed by atoms with Crippen molar-refractivity contribution in [1.29, 1.82) is 0 Å². The van der Waals surface area contributed by atoms with Gasteiger partial charge < -0.3 is 5.43 Å². The van der Waals surface area contributed by atoms with Gasteiger partial charge in [-0.1, -0.05) is 53.1 Å². The predicted molar refractivity (Wildman–Crippen MR) is 96.1 cm³/mol. The first-order chi connectivity index (χ1) is 10.3. The summed E-state index contributed by atoms with van der Waals surface area (Å²) in [6.07, 6.45) is 3.25. The molecular weight excluding hydrogens is 268 g/mol. The Morgan fingerprint density at radius 2 is 1.73 bits per heavy atom. The fourth-order valence-corrected chi connectivity index (χ4v) is 2.77. The van der Waals surface area contributed by atoms with Gasteiger partial charge in [-0.2, -0.15) is 5.10 Å². The molecule has 118 valence electrons. The van der Waals surface area contributed by atoms with Gasteiger partial charge in [-0.3, -0.25) is 0 Å². The van der Waals surface area contributed by atoms with E-state index in [1.54, 1.807) is 0 Å². The molecule has 2 rings (SSSR count). The lowest BCUT2D eigenvalue weighted by Gasteiger charge is -2.21. The van der Waals surface area contributed by atoms with Crippen molar-refractivity contribution >= 4 is 5.71 Å². The van der Waals surface area contributed by atoms with Gasteiger partial charge in [0.05, 0.1) is 5.71 Å². The summed E-state index contributed by atoms with van der Waals surface area (Å²) in [5.74, 6) is 0.473. The summed E-state index contributed by atoms with van der Waals surface area (Å²) in [6, 6.07) is 10.5. The number of nitrogens with one attached hydrogen (secondary N) is 1. The summed E-state index contributed by atoms with van der Waals surface area (Å²) in [5, 5.41) is 4.74. The number of hydrogen-bond donors (Lipinski definition) is 1. The minimum Gasteiger partial charge on any atom is -0.305 e. The first-order valence-electron chi connectivity index (χ1n) is 8.02. The molecule has 0 amide bonds. The van der Waals surface area contributed by atoms with E-state index in [-0.39, 0.29) is 5.54 Å². The molecule has 0 aromatic heterocycles. The number of nitrogens with zero attached hydrogens (tertiary/aromatic N) is 1. The van der Waals surface area contributed by atoms with Gasteiger partial charge in [-0.15, -0.1) is 0 Å². The lowest BCUT2D eigenvalue weighted by molar-refractivity contribution is 0.440. The normalized spacial score (nSPS) is 19.5. The molecule has 1 atom stereocenters. The average Bonchev–Trinajstić information content (AvgIpc) is 2.69. The van der Waals surface area contributed by atoms with Crippen LogP contribution in [0.15, 0.2) is 58.2 Å². The van der Waals surface area contributed by atoms with Gasteiger partial charge in [0.2, 0.25) is 0 Å². The van der Waals surface area contributed by atoms with E-state index in [1.807, 2.05) is 6.07 Å². The Balaban J connectivity index is 2.29. The van der Waals surface area contributed by atoms with Gasteiger partial charge in [0.15, 0.2) is 0 Å². The first kappa shape index (κ1) is 16.5. The Morgan fingerprint density at radius 1 is 1.09 bits per heavy atom. The Kier molecular flexibility index (Phi) is 4.90. The van der Waals surface area contributed by atoms with Crippen molar-refractivity contribution in [3.63, 3.8) is 0 Å². The van der Waals surface area contributed by atoms with E-state index in [9.17, 15) is 0 Å². The van der Waals surface area contributed by atoms with E-state index < -0.39 is 0 Å². The van der Waals surface area contributed by atoms with Gasteiger partial charge in [0.1, 0.15) is 0 Å². The van der Waals surface area contributed by atoms with Crippen molar-refractivity contribution in [3.8, 4) is 0 Å². The van der Waals surface area contributed by atoms with E-state index >= 15 is 0 Å². The van der Waals surface area contributed by atoms with E-state index in [0.29, 0.717) is 5.92 Å². The monoisotopic (exact) mass is 296 g/mol. The van der Waals surface area contributed by atoms with Crippen LogP contribution in [0.2, 0.25) is 0 Å². The largest absolute Gasteiger partial charge is 0.305 e. The number of rotatable bonds is 4. The van der Waals surface area contributed by atoms with Crippen LogP contribution in [0.4, 0.5) is 0 Å². The predicted octanol–water partition coefficient (Wildman–Crippen LogP) is 5.08. The molecule has 0 aliphatic heterocycles. The second-order valence-corrected chi connectivity index (χ2v) is 7.30. The van der Waals surface area contributed by atoms with Gasteiger partial charge in [0.25, 0.3) is 0 Å². The number of hydrazone groups is 1. The lowest BCUT2D eigenvalue weighted by atomic mass is 9.89. The van der Waals surface area contributed by atoms with Crippen LogP contribution >= 0.6 is 0 Å². The maximum atomic E-state index is 4.74. The highest BCUT2D eigenvalue weighted by Gasteiger charge is 2.23. The van der Waals surface area contributed by atoms with Gasteiger partial charge in [0, 0.05) is 17.9 Å². The van der Waals surface area contributed by atoms with Crippen molar-refractivity contribution in [3.05, 3.63) is 58.7 Å². The van der Waals surface area contributed by atoms with Gasteiger partial charge in [-0.25, -0.2) is 0 Å². The number of allylic oxidation sites excluding steroid dienone is 4. The average molecular weight is 296 g/mol. The lowest BCUT2D eigenvalue weighted by Crippen LogP contribution is -2.32. The zero-order chi connectivity index (χ0) is 16.3. The highest BCUT2D eigenvalue weighted by molar-refractivity contribution is 6.01. The van der Waals surface area contributed by atoms with Crippen molar-refractivity contribution in [1.82, 2.24) is 5.43 Å². The van der Waals surface area contributed by atoms with Crippen LogP contribution in [0, 0.1) is 5.92 Å². The molecule has 1 aromatic carbocycles. The molecule has 1 aliphatic carbocycles. The molecule has 0 radical (unpaired) electrons. The third-order valence-electron chi connectivity index (χ3n) is 4.17. The van der Waals surface area contributed by atoms with Gasteiger partial charge >= 0.3 is 0 Å². The molecule has 0 saturated heterocycles. The SMILES string of the molecule is CC1=CC(C)=C(C)C1CC(=NNC(C)(C)C)c1ccccc1. The van der Waals surface area contributed by atoms with Crippen LogP contribution in [0.1, 0.15) is 53.5 Å². The highest BCUT2D eigenvalue weighted by atomic mass is 15.3. The molecule has 1 aliphatic rings. The molecule has 22 heavy (non-hydrogen) atoms. The number of benzene rings is 1. The highest BCUT2D eigenvalue weighted by Crippen LogP contribution is 2.34. The molecule has 0 heterocycles. The molecule has 2 heteroatoms. The molecule has 2 nitrogen and oxygen atoms in total. The summed E-state index contributed by atoms with van der Waals surface area (Å²) < 4.78 is 0. The zero-order valence-corrected chi connectivity index (χ0v) is 14.7. The molecular formula is C20H28N2. The van der Waals surface area contributed by atoms with Crippen LogP contribution in [0.25, 0.3) is 0 Å². The van der Waals surface area contributed by atoms with Crippen LogP contribution in [-0.4, -0.2) is 11.3 Å². The molecule has 0 spiro atoms. The van der Waals surface area contributed by atoms with E-state index in [1.165, 1.54) is 22.3 Å². The smallest absolute Gasteiger partial charge is 0.0684 e. The minimum atomic E-state index is -0.0264. The van der Waals surface area contributed by atoms with Crippen molar-refractivity contribution in [2.75, 3.05) is 0 Å². The summed E-state index contributed by atoms with van der Waals surface area (Å²) in [4.78, 5) is 0. The Bertz CT molecular complexity index is 613. The van der Waals surface area contributed by atoms with Crippen molar-refractivity contribution in [2.24, 2.45) is 11.0 Å². The van der Waals surface area contributed by atoms with Crippen LogP contribution in [-0.2, 0) is 0 Å². The Morgan fingerprint density at radius 3 is 2.23 bits per heavy atom. The topological polar surface area (TPSA) is 24.4 Å². The van der Waals surface area contributed by atoms with Crippen LogP contribution in [0.5, 0.6) is 0 Å². The fraction of sp³-hybridized carbons (Fsp3) is 0.450. The second kappa shape index (κ2) is 6.51. The molecule has 1 unspecified atom stereocenters. The molecule has 0 fully saturated rings. The standard InChI is InChI=1S/C20H28N2/c1-14-12-15(2)18(16(14)3)13-19(21-22-20(4,5)6)17-10-8-7-9-11-17/h7-12,18,22H,13H2,1-6H3. The molecule has 1 N–H and O–H groups in total. The van der Waals surface area contributed by atoms with Crippen LogP contribution in [0.3, 0.4) is 0 Å². The fourth-order valence-electron chi connectivity index (χ4n) is 2.77. The van der Waals surface area contributed by atoms with E-state index in [4.69, 9.17) is 5.10 Å². The molecule has 0 saturated carbocycles. The molecule has 1 aromatic rings. The van der Waals surface area contributed by atoms with Crippen molar-refractivity contribution < 1.29 is 0 Å². The third-order valence-corrected chi connectivity index (χ3v) is 4.17. The first-order valence-corrected chi connectivity index (χ1v) is 8.02. The quantitative estimate of drug-likeness (QED) is 0.608. The zero-order valence-electron chi connectivity index (χ0n) is 14.7. The maximum Gasteiger partial charge on any atom is 0.0684 e. The Hall–Kier alpha value is -1.83. The number of hydrogen-bond acceptors (Lipinski definition) is 2. The summed E-state index contributed by atoms with van der Waals surface area (Å²) >= 11 is 0. The van der Waals surface area contributed by atoms with E-state index in [0.717, 1.165) is 12.1 Å². The van der Waals surface area contributed by atoms with E-state index in [2.05, 4.69) is 77.3 Å². The van der Waals surface area contributed by atoms with Crippen molar-refractivity contribution in [2.45, 2.75) is 53.5 Å². The summed E-state index contributed by atoms with van der Waals surface area (Å²) in [5.41, 5.74) is 9.90. The molecule has 0 bridgehead atoms. The summed E-state index contributed by atoms with van der Waals surface area (Å²) in [6.45, 7) is 13.1. The summed E-state index contributed by atoms with van der Waals surface area (Å²) in [7, 11) is 0.